The first kappa shape index (κ1) is 11.1. The Labute approximate surface area is 93.6 Å². The molecule has 2 bridgehead atoms. The average Bonchev–Trinajstić information content (AvgIpc) is 2.24. The monoisotopic (exact) mass is 222 g/mol. The van der Waals surface area contributed by atoms with Gasteiger partial charge in [0.1, 0.15) is 5.60 Å². The second-order valence-corrected chi connectivity index (χ2v) is 4.69. The van der Waals surface area contributed by atoms with Gasteiger partial charge in [-0.25, -0.2) is 4.79 Å². The van der Waals surface area contributed by atoms with Crippen molar-refractivity contribution in [3.63, 3.8) is 0 Å². The molecular weight excluding hydrogens is 208 g/mol. The highest BCUT2D eigenvalue weighted by Crippen LogP contribution is 2.46. The molecule has 0 aromatic carbocycles. The number of fused-ring (bicyclic) bond motifs is 1. The zero-order valence-corrected chi connectivity index (χ0v) is 9.48. The van der Waals surface area contributed by atoms with Crippen molar-refractivity contribution >= 4 is 11.8 Å². The number of ketones is 1. The van der Waals surface area contributed by atoms with Gasteiger partial charge in [0.25, 0.3) is 0 Å². The molecule has 4 nitrogen and oxygen atoms in total. The van der Waals surface area contributed by atoms with E-state index >= 15 is 0 Å². The molecule has 0 spiro atoms. The zero-order valence-electron chi connectivity index (χ0n) is 9.48. The summed E-state index contributed by atoms with van der Waals surface area (Å²) in [6, 6.07) is 0. The van der Waals surface area contributed by atoms with Gasteiger partial charge in [-0.05, 0) is 13.8 Å². The number of aliphatic hydroxyl groups is 1. The van der Waals surface area contributed by atoms with E-state index in [-0.39, 0.29) is 5.78 Å². The maximum Gasteiger partial charge on any atom is 0.334 e. The summed E-state index contributed by atoms with van der Waals surface area (Å²) in [5, 5.41) is 10.2. The molecule has 4 heteroatoms. The van der Waals surface area contributed by atoms with Gasteiger partial charge in [-0.1, -0.05) is 18.2 Å². The Bertz CT molecular complexity index is 430. The molecule has 0 heterocycles. The van der Waals surface area contributed by atoms with E-state index in [0.29, 0.717) is 5.57 Å². The van der Waals surface area contributed by atoms with E-state index in [2.05, 4.69) is 4.74 Å². The van der Waals surface area contributed by atoms with Gasteiger partial charge >= 0.3 is 5.97 Å². The molecule has 0 saturated carbocycles. The second kappa shape index (κ2) is 3.04. The Morgan fingerprint density at radius 3 is 2.62 bits per heavy atom. The standard InChI is InChI=1S/C12H14O4/c1-11-5-4-8(12(2,15)10(11)14)7(6-11)9(13)16-3/h4-6,8,15H,1-3H3/t8-,11+,12+/m1/s1. The number of esters is 1. The number of allylic oxidation sites excluding steroid dienone is 2. The molecule has 0 saturated heterocycles. The van der Waals surface area contributed by atoms with Gasteiger partial charge in [-0.15, -0.1) is 0 Å². The highest BCUT2D eigenvalue weighted by atomic mass is 16.5. The summed E-state index contributed by atoms with van der Waals surface area (Å²) in [6.07, 6.45) is 5.02. The van der Waals surface area contributed by atoms with Crippen LogP contribution in [0.15, 0.2) is 23.8 Å². The third-order valence-corrected chi connectivity index (χ3v) is 3.40. The van der Waals surface area contributed by atoms with Gasteiger partial charge in [-0.3, -0.25) is 4.79 Å². The minimum absolute atomic E-state index is 0.278. The predicted octanol–water partition coefficient (Wildman–Crippen LogP) is 0.612. The fourth-order valence-corrected chi connectivity index (χ4v) is 2.48. The fourth-order valence-electron chi connectivity index (χ4n) is 2.48. The van der Waals surface area contributed by atoms with Crippen LogP contribution in [0.4, 0.5) is 0 Å². The topological polar surface area (TPSA) is 63.6 Å². The normalized spacial score (nSPS) is 40.9. The van der Waals surface area contributed by atoms with Crippen LogP contribution in [-0.4, -0.2) is 29.6 Å². The molecule has 3 atom stereocenters. The number of rotatable bonds is 1. The molecule has 0 amide bonds. The molecular formula is C12H14O4. The van der Waals surface area contributed by atoms with E-state index < -0.39 is 22.9 Å². The van der Waals surface area contributed by atoms with Crippen LogP contribution < -0.4 is 0 Å². The maximum atomic E-state index is 12.0. The van der Waals surface area contributed by atoms with Crippen LogP contribution in [-0.2, 0) is 14.3 Å². The summed E-state index contributed by atoms with van der Waals surface area (Å²) < 4.78 is 4.65. The van der Waals surface area contributed by atoms with E-state index in [0.717, 1.165) is 0 Å². The van der Waals surface area contributed by atoms with Crippen molar-refractivity contribution in [2.24, 2.45) is 11.3 Å². The van der Waals surface area contributed by atoms with Crippen LogP contribution >= 0.6 is 0 Å². The van der Waals surface area contributed by atoms with E-state index in [1.54, 1.807) is 25.2 Å². The molecule has 0 fully saturated rings. The van der Waals surface area contributed by atoms with E-state index in [9.17, 15) is 14.7 Å². The van der Waals surface area contributed by atoms with E-state index in [1.807, 2.05) is 0 Å². The summed E-state index contributed by atoms with van der Waals surface area (Å²) in [7, 11) is 1.29. The molecule has 0 unspecified atom stereocenters. The summed E-state index contributed by atoms with van der Waals surface area (Å²) in [5.41, 5.74) is -2.07. The summed E-state index contributed by atoms with van der Waals surface area (Å²) in [4.78, 5) is 23.5. The van der Waals surface area contributed by atoms with Crippen LogP contribution in [0.5, 0.6) is 0 Å². The van der Waals surface area contributed by atoms with Gasteiger partial charge in [0, 0.05) is 11.5 Å². The van der Waals surface area contributed by atoms with Crippen LogP contribution in [0.25, 0.3) is 0 Å². The average molecular weight is 222 g/mol. The van der Waals surface area contributed by atoms with E-state index in [1.165, 1.54) is 14.0 Å². The van der Waals surface area contributed by atoms with Crippen molar-refractivity contribution in [2.45, 2.75) is 19.4 Å². The third kappa shape index (κ3) is 1.19. The van der Waals surface area contributed by atoms with Crippen molar-refractivity contribution in [3.05, 3.63) is 23.8 Å². The Morgan fingerprint density at radius 2 is 2.12 bits per heavy atom. The van der Waals surface area contributed by atoms with Crippen LogP contribution in [0, 0.1) is 11.3 Å². The highest BCUT2D eigenvalue weighted by molar-refractivity contribution is 6.04. The quantitative estimate of drug-likeness (QED) is 0.521. The lowest BCUT2D eigenvalue weighted by atomic mass is 9.60. The van der Waals surface area contributed by atoms with Crippen molar-refractivity contribution in [1.82, 2.24) is 0 Å². The largest absolute Gasteiger partial charge is 0.466 e. The summed E-state index contributed by atoms with van der Waals surface area (Å²) in [5.74, 6) is -1.37. The lowest BCUT2D eigenvalue weighted by Crippen LogP contribution is -2.56. The fraction of sp³-hybridized carbons (Fsp3) is 0.500. The Morgan fingerprint density at radius 1 is 1.50 bits per heavy atom. The molecule has 0 radical (unpaired) electrons. The van der Waals surface area contributed by atoms with Gasteiger partial charge in [-0.2, -0.15) is 0 Å². The van der Waals surface area contributed by atoms with Gasteiger partial charge in [0.15, 0.2) is 5.78 Å². The van der Waals surface area contributed by atoms with Crippen LogP contribution in [0.3, 0.4) is 0 Å². The van der Waals surface area contributed by atoms with Crippen molar-refractivity contribution < 1.29 is 19.4 Å². The molecule has 16 heavy (non-hydrogen) atoms. The second-order valence-electron chi connectivity index (χ2n) is 4.69. The third-order valence-electron chi connectivity index (χ3n) is 3.40. The maximum absolute atomic E-state index is 12.0. The molecule has 3 aliphatic carbocycles. The molecule has 86 valence electrons. The number of Topliss-reactive ketones (excluding diaryl/α,β-unsaturated/α-hetero) is 1. The molecule has 0 aliphatic heterocycles. The molecule has 1 N–H and O–H groups in total. The Kier molecular flexibility index (Phi) is 2.11. The highest BCUT2D eigenvalue weighted by Gasteiger charge is 2.55. The van der Waals surface area contributed by atoms with Gasteiger partial charge < -0.3 is 9.84 Å². The first-order valence-corrected chi connectivity index (χ1v) is 5.10. The molecule has 0 aromatic heterocycles. The summed E-state index contributed by atoms with van der Waals surface area (Å²) in [6.45, 7) is 3.12. The molecule has 0 aromatic rings. The van der Waals surface area contributed by atoms with Gasteiger partial charge in [0.05, 0.1) is 12.5 Å². The van der Waals surface area contributed by atoms with Crippen molar-refractivity contribution in [2.75, 3.05) is 7.11 Å². The van der Waals surface area contributed by atoms with Crippen LogP contribution in [0.1, 0.15) is 13.8 Å². The minimum Gasteiger partial charge on any atom is -0.466 e. The number of methoxy groups -OCH3 is 1. The number of hydrogen-bond donors (Lipinski definition) is 1. The number of hydrogen-bond acceptors (Lipinski definition) is 4. The predicted molar refractivity (Wildman–Crippen MR) is 56.5 cm³/mol. The first-order chi connectivity index (χ1) is 7.33. The van der Waals surface area contributed by atoms with Crippen molar-refractivity contribution in [1.29, 1.82) is 0 Å². The van der Waals surface area contributed by atoms with Crippen LogP contribution in [0.2, 0.25) is 0 Å². The van der Waals surface area contributed by atoms with E-state index in [4.69, 9.17) is 0 Å². The smallest absolute Gasteiger partial charge is 0.334 e. The SMILES string of the molecule is COC(=O)C1=C[C@]2(C)C=C[C@H]1[C@](C)(O)C2=O. The Hall–Kier alpha value is -1.42. The lowest BCUT2D eigenvalue weighted by molar-refractivity contribution is -0.149. The zero-order chi connectivity index (χ0) is 12.1. The molecule has 3 aliphatic rings. The number of carbonyl (C=O) groups excluding carboxylic acids is 2. The van der Waals surface area contributed by atoms with Gasteiger partial charge in [0.2, 0.25) is 0 Å². The van der Waals surface area contributed by atoms with Crippen molar-refractivity contribution in [3.8, 4) is 0 Å². The Balaban J connectivity index is 2.56. The lowest BCUT2D eigenvalue weighted by Gasteiger charge is -2.44. The summed E-state index contributed by atoms with van der Waals surface area (Å²) >= 11 is 0. The number of ether oxygens (including phenoxy) is 1. The first-order valence-electron chi connectivity index (χ1n) is 5.10. The minimum atomic E-state index is -1.53. The molecule has 3 rings (SSSR count). The number of carbonyl (C=O) groups is 2.